The van der Waals surface area contributed by atoms with Crippen LogP contribution in [0.2, 0.25) is 0 Å². The van der Waals surface area contributed by atoms with E-state index in [-0.39, 0.29) is 17.9 Å². The molecule has 4 aromatic rings. The molecule has 1 aliphatic rings. The van der Waals surface area contributed by atoms with E-state index in [0.29, 0.717) is 22.5 Å². The number of para-hydroxylation sites is 1. The minimum Gasteiger partial charge on any atom is -0.497 e. The zero-order chi connectivity index (χ0) is 28.2. The predicted molar refractivity (Wildman–Crippen MR) is 156 cm³/mol. The number of anilines is 1. The Labute approximate surface area is 235 Å². The van der Waals surface area contributed by atoms with Crippen molar-refractivity contribution in [3.8, 4) is 5.75 Å². The number of aryl methyl sites for hydroxylation is 2. The van der Waals surface area contributed by atoms with Crippen molar-refractivity contribution in [1.29, 1.82) is 0 Å². The van der Waals surface area contributed by atoms with E-state index >= 15 is 0 Å². The molecule has 208 valence electrons. The molecule has 1 saturated carbocycles. The highest BCUT2D eigenvalue weighted by Crippen LogP contribution is 2.33. The number of fused-ring (bicyclic) bond motifs is 1. The Balaban J connectivity index is 1.61. The number of amides is 2. The Bertz CT molecular complexity index is 1490. The van der Waals surface area contributed by atoms with E-state index in [9.17, 15) is 9.59 Å². The Hall–Kier alpha value is -4.20. The highest BCUT2D eigenvalue weighted by atomic mass is 16.5. The van der Waals surface area contributed by atoms with E-state index in [1.807, 2.05) is 87.5 Å². The van der Waals surface area contributed by atoms with Crippen LogP contribution in [-0.4, -0.2) is 40.0 Å². The van der Waals surface area contributed by atoms with Gasteiger partial charge in [-0.05, 0) is 86.7 Å². The van der Waals surface area contributed by atoms with Crippen LogP contribution in [0, 0.1) is 13.8 Å². The van der Waals surface area contributed by atoms with Crippen molar-refractivity contribution in [3.05, 3.63) is 83.4 Å². The van der Waals surface area contributed by atoms with Crippen LogP contribution in [0.1, 0.15) is 67.8 Å². The normalized spacial score (nSPS) is 15.4. The number of benzene rings is 3. The number of methoxy groups -OCH3 is 1. The SMILES string of the molecule is COc1ccc([C@@H](C(=O)NC2CCCCC2)N(C(=O)[C@H](C)n2nnc3ccccc32)c2ccc(C)c(C)c2)cc1. The van der Waals surface area contributed by atoms with Crippen LogP contribution in [0.25, 0.3) is 11.0 Å². The van der Waals surface area contributed by atoms with Crippen LogP contribution in [0.5, 0.6) is 5.75 Å². The van der Waals surface area contributed by atoms with Gasteiger partial charge in [-0.25, -0.2) is 4.68 Å². The summed E-state index contributed by atoms with van der Waals surface area (Å²) in [5.74, 6) is 0.236. The second-order valence-electron chi connectivity index (χ2n) is 10.7. The summed E-state index contributed by atoms with van der Waals surface area (Å²) in [5, 5.41) is 11.9. The molecule has 3 aromatic carbocycles. The number of hydrogen-bond donors (Lipinski definition) is 1. The maximum Gasteiger partial charge on any atom is 0.252 e. The average molecular weight is 540 g/mol. The molecule has 1 aliphatic carbocycles. The molecule has 0 saturated heterocycles. The van der Waals surface area contributed by atoms with E-state index in [2.05, 4.69) is 15.6 Å². The molecular formula is C32H37N5O3. The van der Waals surface area contributed by atoms with Crippen molar-refractivity contribution in [1.82, 2.24) is 20.3 Å². The van der Waals surface area contributed by atoms with Gasteiger partial charge in [0.15, 0.2) is 0 Å². The van der Waals surface area contributed by atoms with Gasteiger partial charge < -0.3 is 10.1 Å². The minimum atomic E-state index is -0.889. The fraction of sp³-hybridized carbons (Fsp3) is 0.375. The third kappa shape index (κ3) is 5.57. The second-order valence-corrected chi connectivity index (χ2v) is 10.7. The monoisotopic (exact) mass is 539 g/mol. The van der Waals surface area contributed by atoms with Gasteiger partial charge in [-0.1, -0.05) is 54.8 Å². The molecule has 1 aromatic heterocycles. The summed E-state index contributed by atoms with van der Waals surface area (Å²) in [7, 11) is 1.61. The largest absolute Gasteiger partial charge is 0.497 e. The molecule has 0 bridgehead atoms. The molecule has 2 atom stereocenters. The molecule has 0 unspecified atom stereocenters. The number of nitrogens with zero attached hydrogens (tertiary/aromatic N) is 4. The van der Waals surface area contributed by atoms with Crippen LogP contribution in [0.4, 0.5) is 5.69 Å². The number of ether oxygens (including phenoxy) is 1. The molecular weight excluding hydrogens is 502 g/mol. The number of nitrogens with one attached hydrogen (secondary N) is 1. The van der Waals surface area contributed by atoms with Crippen molar-refractivity contribution in [2.75, 3.05) is 12.0 Å². The first kappa shape index (κ1) is 27.4. The molecule has 1 fully saturated rings. The maximum atomic E-state index is 14.5. The first-order valence-electron chi connectivity index (χ1n) is 14.0. The van der Waals surface area contributed by atoms with Gasteiger partial charge in [0.2, 0.25) is 5.91 Å². The van der Waals surface area contributed by atoms with Crippen LogP contribution in [0.15, 0.2) is 66.7 Å². The maximum absolute atomic E-state index is 14.5. The Morgan fingerprint density at radius 1 is 0.975 bits per heavy atom. The summed E-state index contributed by atoms with van der Waals surface area (Å²) in [6, 6.07) is 19.3. The highest BCUT2D eigenvalue weighted by Gasteiger charge is 2.37. The van der Waals surface area contributed by atoms with Crippen molar-refractivity contribution in [3.63, 3.8) is 0 Å². The van der Waals surface area contributed by atoms with Gasteiger partial charge in [0.05, 0.1) is 12.6 Å². The fourth-order valence-corrected chi connectivity index (χ4v) is 5.49. The summed E-state index contributed by atoms with van der Waals surface area (Å²) in [4.78, 5) is 30.4. The van der Waals surface area contributed by atoms with Crippen molar-refractivity contribution < 1.29 is 14.3 Å². The van der Waals surface area contributed by atoms with Gasteiger partial charge in [-0.3, -0.25) is 14.5 Å². The topological polar surface area (TPSA) is 89.4 Å². The highest BCUT2D eigenvalue weighted by molar-refractivity contribution is 6.03. The van der Waals surface area contributed by atoms with E-state index in [4.69, 9.17) is 4.74 Å². The lowest BCUT2D eigenvalue weighted by Gasteiger charge is -2.35. The Morgan fingerprint density at radius 2 is 1.70 bits per heavy atom. The molecule has 0 spiro atoms. The van der Waals surface area contributed by atoms with Crippen LogP contribution < -0.4 is 15.0 Å². The molecule has 0 aliphatic heterocycles. The molecule has 5 rings (SSSR count). The first-order valence-corrected chi connectivity index (χ1v) is 14.0. The molecule has 1 heterocycles. The van der Waals surface area contributed by atoms with E-state index in [1.165, 1.54) is 6.42 Å². The van der Waals surface area contributed by atoms with Crippen LogP contribution in [0.3, 0.4) is 0 Å². The molecule has 1 N–H and O–H groups in total. The van der Waals surface area contributed by atoms with Gasteiger partial charge in [0, 0.05) is 11.7 Å². The standard InChI is InChI=1S/C32H37N5O3/c1-21-14-17-26(20-22(21)2)36(32(39)23(3)37-29-13-9-8-12-28(29)34-35-37)30(24-15-18-27(40-4)19-16-24)31(38)33-25-10-6-5-7-11-25/h8-9,12-20,23,25,30H,5-7,10-11H2,1-4H3,(H,33,38)/t23-,30-/m0/s1. The summed E-state index contributed by atoms with van der Waals surface area (Å²) in [5.41, 5.74) is 4.98. The zero-order valence-electron chi connectivity index (χ0n) is 23.6. The van der Waals surface area contributed by atoms with Gasteiger partial charge in [-0.15, -0.1) is 5.10 Å². The molecule has 40 heavy (non-hydrogen) atoms. The van der Waals surface area contributed by atoms with Gasteiger partial charge in [-0.2, -0.15) is 0 Å². The summed E-state index contributed by atoms with van der Waals surface area (Å²) < 4.78 is 7.02. The van der Waals surface area contributed by atoms with Crippen molar-refractivity contribution in [2.24, 2.45) is 0 Å². The number of aromatic nitrogens is 3. The third-order valence-electron chi connectivity index (χ3n) is 8.00. The number of carbonyl (C=O) groups is 2. The van der Waals surface area contributed by atoms with Gasteiger partial charge in [0.25, 0.3) is 5.91 Å². The van der Waals surface area contributed by atoms with E-state index in [0.717, 1.165) is 42.3 Å². The van der Waals surface area contributed by atoms with Crippen molar-refractivity contribution >= 4 is 28.5 Å². The predicted octanol–water partition coefficient (Wildman–Crippen LogP) is 5.84. The summed E-state index contributed by atoms with van der Waals surface area (Å²) in [6.07, 6.45) is 5.26. The fourth-order valence-electron chi connectivity index (χ4n) is 5.49. The lowest BCUT2D eigenvalue weighted by atomic mass is 9.94. The summed E-state index contributed by atoms with van der Waals surface area (Å²) >= 11 is 0. The zero-order valence-corrected chi connectivity index (χ0v) is 23.6. The first-order chi connectivity index (χ1) is 19.4. The second kappa shape index (κ2) is 11.9. The minimum absolute atomic E-state index is 0.0930. The molecule has 8 heteroatoms. The molecule has 2 amide bonds. The van der Waals surface area contributed by atoms with Gasteiger partial charge in [0.1, 0.15) is 23.3 Å². The number of hydrogen-bond acceptors (Lipinski definition) is 5. The average Bonchev–Trinajstić information content (AvgIpc) is 3.41. The van der Waals surface area contributed by atoms with E-state index < -0.39 is 12.1 Å². The van der Waals surface area contributed by atoms with E-state index in [1.54, 1.807) is 16.7 Å². The summed E-state index contributed by atoms with van der Waals surface area (Å²) in [6.45, 7) is 5.86. The van der Waals surface area contributed by atoms with Crippen molar-refractivity contribution in [2.45, 2.75) is 71.0 Å². The third-order valence-corrected chi connectivity index (χ3v) is 8.00. The molecule has 8 nitrogen and oxygen atoms in total. The van der Waals surface area contributed by atoms with Gasteiger partial charge >= 0.3 is 0 Å². The van der Waals surface area contributed by atoms with Crippen LogP contribution >= 0.6 is 0 Å². The quantitative estimate of drug-likeness (QED) is 0.304. The number of carbonyl (C=O) groups excluding carboxylic acids is 2. The smallest absolute Gasteiger partial charge is 0.252 e. The lowest BCUT2D eigenvalue weighted by Crippen LogP contribution is -2.49. The Kier molecular flexibility index (Phi) is 8.14. The Morgan fingerprint density at radius 3 is 2.40 bits per heavy atom. The molecule has 0 radical (unpaired) electrons. The lowest BCUT2D eigenvalue weighted by molar-refractivity contribution is -0.128. The van der Waals surface area contributed by atoms with Crippen LogP contribution in [-0.2, 0) is 9.59 Å². The number of rotatable bonds is 8.